The van der Waals surface area contributed by atoms with Crippen molar-refractivity contribution in [3.8, 4) is 0 Å². The zero-order valence-electron chi connectivity index (χ0n) is 41.3. The number of unbranched alkanes of at least 4 members (excludes halogenated alkanes) is 30. The molecule has 8 nitrogen and oxygen atoms in total. The lowest BCUT2D eigenvalue weighted by Crippen LogP contribution is -2.28. The molecule has 0 saturated heterocycles. The highest BCUT2D eigenvalue weighted by molar-refractivity contribution is 7.47. The minimum atomic E-state index is -4.28. The van der Waals surface area contributed by atoms with Crippen molar-refractivity contribution in [1.29, 1.82) is 0 Å². The Balaban J connectivity index is 3.88. The Bertz CT molecular complexity index is 1110. The third-order valence-corrected chi connectivity index (χ3v) is 12.5. The van der Waals surface area contributed by atoms with Gasteiger partial charge in [0.15, 0.2) is 0 Å². The van der Waals surface area contributed by atoms with Crippen LogP contribution >= 0.6 is 7.82 Å². The summed E-state index contributed by atoms with van der Waals surface area (Å²) in [5.41, 5.74) is 5.39. The summed E-state index contributed by atoms with van der Waals surface area (Å²) < 4.78 is 33.6. The summed E-state index contributed by atoms with van der Waals surface area (Å²) in [5, 5.41) is 0. The van der Waals surface area contributed by atoms with Crippen LogP contribution in [0.3, 0.4) is 0 Å². The fourth-order valence-corrected chi connectivity index (χ4v) is 8.40. The molecule has 9 heteroatoms. The van der Waals surface area contributed by atoms with E-state index in [-0.39, 0.29) is 32.3 Å². The molecule has 2 atom stereocenters. The van der Waals surface area contributed by atoms with Crippen LogP contribution in [0.15, 0.2) is 48.6 Å². The number of hydrogen-bond donors (Lipinski definition) is 2. The number of phosphoric ester groups is 1. The lowest BCUT2D eigenvalue weighted by Gasteiger charge is -2.20. The van der Waals surface area contributed by atoms with Crippen molar-refractivity contribution in [2.45, 2.75) is 258 Å². The van der Waals surface area contributed by atoms with Crippen molar-refractivity contribution in [2.75, 3.05) is 33.0 Å². The Kier molecular flexibility index (Phi) is 50.2. The van der Waals surface area contributed by atoms with E-state index in [0.29, 0.717) is 13.0 Å². The maximum absolute atomic E-state index is 12.7. The lowest BCUT2D eigenvalue weighted by atomic mass is 10.0. The topological polar surface area (TPSA) is 117 Å². The Labute approximate surface area is 390 Å². The maximum atomic E-state index is 12.7. The second kappa shape index (κ2) is 51.4. The Morgan fingerprint density at radius 2 is 0.889 bits per heavy atom. The summed E-state index contributed by atoms with van der Waals surface area (Å²) >= 11 is 0. The first-order chi connectivity index (χ1) is 30.9. The van der Waals surface area contributed by atoms with Crippen LogP contribution in [0.25, 0.3) is 0 Å². The number of carbonyl (C=O) groups excluding carboxylic acids is 1. The first kappa shape index (κ1) is 61.5. The van der Waals surface area contributed by atoms with Gasteiger partial charge in [0.2, 0.25) is 0 Å². The van der Waals surface area contributed by atoms with E-state index in [1.807, 2.05) is 0 Å². The summed E-state index contributed by atoms with van der Waals surface area (Å²) in [4.78, 5) is 22.6. The van der Waals surface area contributed by atoms with Crippen LogP contribution in [0, 0.1) is 0 Å². The van der Waals surface area contributed by atoms with Gasteiger partial charge in [-0.1, -0.05) is 242 Å². The molecule has 63 heavy (non-hydrogen) atoms. The van der Waals surface area contributed by atoms with Crippen LogP contribution in [-0.2, 0) is 27.9 Å². The number of phosphoric acid groups is 1. The molecule has 370 valence electrons. The molecule has 2 unspecified atom stereocenters. The molecular weight excluding hydrogens is 806 g/mol. The number of carbonyl (C=O) groups is 1. The van der Waals surface area contributed by atoms with Crippen molar-refractivity contribution >= 4 is 13.8 Å². The van der Waals surface area contributed by atoms with Gasteiger partial charge >= 0.3 is 13.8 Å². The molecule has 0 rings (SSSR count). The van der Waals surface area contributed by atoms with E-state index < -0.39 is 13.9 Å². The Hall–Kier alpha value is -1.54. The number of ether oxygens (including phenoxy) is 2. The van der Waals surface area contributed by atoms with Crippen LogP contribution in [0.2, 0.25) is 0 Å². The zero-order chi connectivity index (χ0) is 45.8. The van der Waals surface area contributed by atoms with Gasteiger partial charge in [-0.3, -0.25) is 13.8 Å². The predicted octanol–water partition coefficient (Wildman–Crippen LogP) is 16.7. The van der Waals surface area contributed by atoms with Crippen LogP contribution in [0.5, 0.6) is 0 Å². The van der Waals surface area contributed by atoms with E-state index in [1.165, 1.54) is 173 Å². The summed E-state index contributed by atoms with van der Waals surface area (Å²) in [6.45, 7) is 4.85. The monoisotopic (exact) mass is 908 g/mol. The van der Waals surface area contributed by atoms with E-state index in [9.17, 15) is 14.3 Å². The summed E-state index contributed by atoms with van der Waals surface area (Å²) in [6.07, 6.45) is 62.9. The van der Waals surface area contributed by atoms with Gasteiger partial charge in [-0.15, -0.1) is 0 Å². The van der Waals surface area contributed by atoms with Crippen molar-refractivity contribution < 1.29 is 32.8 Å². The molecule has 0 fully saturated rings. The average molecular weight is 908 g/mol. The predicted molar refractivity (Wildman–Crippen MR) is 270 cm³/mol. The highest BCUT2D eigenvalue weighted by Gasteiger charge is 2.25. The first-order valence-electron chi connectivity index (χ1n) is 26.6. The third-order valence-electron chi connectivity index (χ3n) is 11.5. The van der Waals surface area contributed by atoms with Gasteiger partial charge in [0, 0.05) is 19.6 Å². The quantitative estimate of drug-likeness (QED) is 0.0268. The standard InChI is InChI=1S/C54H102NO7P/c1-3-5-7-9-11-13-15-17-19-21-23-24-25-26-27-28-29-30-32-34-36-38-40-42-44-46-49-59-51-53(52-61-63(57,58)60-50-48-55)62-54(56)47-45-43-41-39-37-35-33-31-22-20-18-16-14-12-10-8-6-4-2/h5,7,11,13,17,19,23-24,53H,3-4,6,8-10,12,14-16,18,20-22,25-52,55H2,1-2H3,(H,57,58)/b7-5-,13-11-,19-17-,24-23-. The second-order valence-electron chi connectivity index (χ2n) is 17.7. The van der Waals surface area contributed by atoms with E-state index in [0.717, 1.165) is 57.8 Å². The molecular formula is C54H102NO7P. The number of nitrogens with two attached hydrogens (primary N) is 1. The molecule has 3 N–H and O–H groups in total. The fourth-order valence-electron chi connectivity index (χ4n) is 7.64. The molecule has 0 radical (unpaired) electrons. The lowest BCUT2D eigenvalue weighted by molar-refractivity contribution is -0.154. The highest BCUT2D eigenvalue weighted by Crippen LogP contribution is 2.43. The van der Waals surface area contributed by atoms with Crippen LogP contribution in [0.1, 0.15) is 251 Å². The summed E-state index contributed by atoms with van der Waals surface area (Å²) in [6, 6.07) is 0. The molecule has 0 saturated carbocycles. The highest BCUT2D eigenvalue weighted by atomic mass is 31.2. The van der Waals surface area contributed by atoms with Crippen molar-refractivity contribution in [3.63, 3.8) is 0 Å². The first-order valence-corrected chi connectivity index (χ1v) is 28.1. The molecule has 0 spiro atoms. The van der Waals surface area contributed by atoms with Gasteiger partial charge in [0.1, 0.15) is 6.10 Å². The van der Waals surface area contributed by atoms with E-state index >= 15 is 0 Å². The maximum Gasteiger partial charge on any atom is 0.472 e. The fraction of sp³-hybridized carbons (Fsp3) is 0.833. The molecule has 0 heterocycles. The second-order valence-corrected chi connectivity index (χ2v) is 19.2. The minimum absolute atomic E-state index is 0.0945. The number of esters is 1. The molecule has 0 aliphatic heterocycles. The average Bonchev–Trinajstić information content (AvgIpc) is 3.28. The van der Waals surface area contributed by atoms with E-state index in [4.69, 9.17) is 24.3 Å². The van der Waals surface area contributed by atoms with Crippen LogP contribution in [-0.4, -0.2) is 49.9 Å². The molecule has 0 amide bonds. The molecule has 0 aliphatic rings. The van der Waals surface area contributed by atoms with Crippen molar-refractivity contribution in [3.05, 3.63) is 48.6 Å². The number of hydrogen-bond acceptors (Lipinski definition) is 7. The summed E-state index contributed by atoms with van der Waals surface area (Å²) in [5.74, 6) is -0.326. The van der Waals surface area contributed by atoms with Gasteiger partial charge < -0.3 is 20.1 Å². The minimum Gasteiger partial charge on any atom is -0.457 e. The van der Waals surface area contributed by atoms with Gasteiger partial charge in [-0.2, -0.15) is 0 Å². The summed E-state index contributed by atoms with van der Waals surface area (Å²) in [7, 11) is -4.28. The Morgan fingerprint density at radius 3 is 1.33 bits per heavy atom. The van der Waals surface area contributed by atoms with Crippen LogP contribution < -0.4 is 5.73 Å². The molecule has 0 aromatic rings. The SMILES string of the molecule is CC/C=C\C/C=C\C/C=C\C/C=C\CCCCCCCCCCCCCCCOCC(COP(=O)(O)OCCN)OC(=O)CCCCCCCCCCCCCCCCCCCC. The third kappa shape index (κ3) is 51.3. The van der Waals surface area contributed by atoms with Gasteiger partial charge in [-0.25, -0.2) is 4.57 Å². The molecule has 0 aromatic heterocycles. The molecule has 0 bridgehead atoms. The van der Waals surface area contributed by atoms with E-state index in [1.54, 1.807) is 0 Å². The van der Waals surface area contributed by atoms with Crippen molar-refractivity contribution in [2.24, 2.45) is 5.73 Å². The van der Waals surface area contributed by atoms with Gasteiger partial charge in [0.25, 0.3) is 0 Å². The normalized spacial score (nSPS) is 13.7. The molecule has 0 aromatic carbocycles. The number of allylic oxidation sites excluding steroid dienone is 8. The van der Waals surface area contributed by atoms with Gasteiger partial charge in [0.05, 0.1) is 19.8 Å². The largest absolute Gasteiger partial charge is 0.472 e. The smallest absolute Gasteiger partial charge is 0.457 e. The Morgan fingerprint density at radius 1 is 0.492 bits per heavy atom. The van der Waals surface area contributed by atoms with E-state index in [2.05, 4.69) is 62.5 Å². The number of rotatable bonds is 51. The molecule has 0 aliphatic carbocycles. The van der Waals surface area contributed by atoms with Crippen molar-refractivity contribution in [1.82, 2.24) is 0 Å². The van der Waals surface area contributed by atoms with Gasteiger partial charge in [-0.05, 0) is 51.4 Å². The zero-order valence-corrected chi connectivity index (χ0v) is 42.2. The van der Waals surface area contributed by atoms with Crippen LogP contribution in [0.4, 0.5) is 0 Å².